The molecule has 0 aliphatic carbocycles. The Morgan fingerprint density at radius 1 is 1.25 bits per heavy atom. The lowest BCUT2D eigenvalue weighted by Gasteiger charge is -2.11. The summed E-state index contributed by atoms with van der Waals surface area (Å²) in [4.78, 5) is 19.0. The van der Waals surface area contributed by atoms with Crippen molar-refractivity contribution in [1.82, 2.24) is 9.97 Å². The fraction of sp³-hybridized carbons (Fsp3) is 0.231. The van der Waals surface area contributed by atoms with Gasteiger partial charge in [-0.2, -0.15) is 0 Å². The summed E-state index contributed by atoms with van der Waals surface area (Å²) >= 11 is 2.13. The van der Waals surface area contributed by atoms with Crippen molar-refractivity contribution in [3.63, 3.8) is 0 Å². The van der Waals surface area contributed by atoms with Gasteiger partial charge in [0.05, 0.1) is 14.2 Å². The molecule has 0 bridgehead atoms. The Morgan fingerprint density at radius 3 is 2.35 bits per heavy atom. The van der Waals surface area contributed by atoms with Gasteiger partial charge in [0.1, 0.15) is 5.82 Å². The van der Waals surface area contributed by atoms with Gasteiger partial charge >= 0.3 is 0 Å². The smallest absolute Gasteiger partial charge is 0.269 e. The van der Waals surface area contributed by atoms with Crippen LogP contribution in [0.5, 0.6) is 0 Å². The molecule has 1 aromatic heterocycles. The highest BCUT2D eigenvalue weighted by Gasteiger charge is 2.14. The van der Waals surface area contributed by atoms with Crippen LogP contribution in [-0.4, -0.2) is 14.9 Å². The summed E-state index contributed by atoms with van der Waals surface area (Å²) in [5, 5.41) is 10.6. The highest BCUT2D eigenvalue weighted by atomic mass is 127. The second kappa shape index (κ2) is 5.70. The van der Waals surface area contributed by atoms with Crippen molar-refractivity contribution in [1.29, 1.82) is 0 Å². The highest BCUT2D eigenvalue weighted by Crippen LogP contribution is 2.27. The van der Waals surface area contributed by atoms with E-state index in [1.54, 1.807) is 12.1 Å². The van der Waals surface area contributed by atoms with E-state index in [2.05, 4.69) is 32.6 Å². The summed E-state index contributed by atoms with van der Waals surface area (Å²) < 4.78 is 0.850. The average Bonchev–Trinajstić information content (AvgIpc) is 2.41. The van der Waals surface area contributed by atoms with Gasteiger partial charge in [0, 0.05) is 17.7 Å². The Morgan fingerprint density at radius 2 is 1.85 bits per heavy atom. The molecular formula is C13H13IN4O2. The van der Waals surface area contributed by atoms with Crippen molar-refractivity contribution in [2.24, 2.45) is 0 Å². The number of anilines is 1. The second-order valence-corrected chi connectivity index (χ2v) is 5.67. The topological polar surface area (TPSA) is 94.9 Å². The highest BCUT2D eigenvalue weighted by molar-refractivity contribution is 14.1. The van der Waals surface area contributed by atoms with Crippen LogP contribution in [0.1, 0.15) is 25.5 Å². The van der Waals surface area contributed by atoms with Crippen LogP contribution in [0.2, 0.25) is 0 Å². The maximum atomic E-state index is 10.6. The predicted octanol–water partition coefficient (Wildman–Crippen LogP) is 3.36. The minimum Gasteiger partial charge on any atom is -0.383 e. The predicted molar refractivity (Wildman–Crippen MR) is 85.3 cm³/mol. The van der Waals surface area contributed by atoms with Crippen LogP contribution in [0, 0.1) is 13.7 Å². The molecule has 0 saturated carbocycles. The number of nitrogen functional groups attached to an aromatic ring is 1. The Labute approximate surface area is 129 Å². The number of nitrogens with zero attached hydrogens (tertiary/aromatic N) is 3. The third-order valence-corrected chi connectivity index (χ3v) is 3.89. The molecule has 6 nitrogen and oxygen atoms in total. The van der Waals surface area contributed by atoms with Crippen molar-refractivity contribution >= 4 is 34.1 Å². The Hall–Kier alpha value is -1.77. The normalized spacial score (nSPS) is 10.8. The second-order valence-electron chi connectivity index (χ2n) is 4.59. The number of aromatic nitrogens is 2. The zero-order valence-corrected chi connectivity index (χ0v) is 13.2. The van der Waals surface area contributed by atoms with E-state index in [0.717, 1.165) is 9.26 Å². The number of hydrogen-bond donors (Lipinski definition) is 1. The molecule has 0 spiro atoms. The first-order valence-electron chi connectivity index (χ1n) is 5.98. The first kappa shape index (κ1) is 14.6. The van der Waals surface area contributed by atoms with Crippen molar-refractivity contribution < 1.29 is 4.92 Å². The molecule has 0 fully saturated rings. The zero-order chi connectivity index (χ0) is 14.9. The van der Waals surface area contributed by atoms with Gasteiger partial charge in [0.25, 0.3) is 5.69 Å². The number of benzene rings is 1. The Bertz CT molecular complexity index is 656. The molecular weight excluding hydrogens is 371 g/mol. The molecule has 7 heteroatoms. The van der Waals surface area contributed by atoms with Crippen molar-refractivity contribution in [2.45, 2.75) is 19.8 Å². The van der Waals surface area contributed by atoms with E-state index in [0.29, 0.717) is 17.2 Å². The standard InChI is InChI=1S/C13H13IN4O2/c1-7(2)11-10(14)12(15)17-13(16-11)8-3-5-9(6-4-8)18(19)20/h3-7H,1-2H3,(H2,15,16,17). The Kier molecular flexibility index (Phi) is 4.17. The van der Waals surface area contributed by atoms with Gasteiger partial charge in [-0.05, 0) is 40.6 Å². The molecule has 104 valence electrons. The molecule has 0 aliphatic rings. The van der Waals surface area contributed by atoms with Crippen LogP contribution >= 0.6 is 22.6 Å². The first-order valence-corrected chi connectivity index (χ1v) is 7.05. The maximum absolute atomic E-state index is 10.6. The van der Waals surface area contributed by atoms with E-state index in [9.17, 15) is 10.1 Å². The molecule has 2 N–H and O–H groups in total. The van der Waals surface area contributed by atoms with Gasteiger partial charge in [0.2, 0.25) is 0 Å². The molecule has 0 saturated heterocycles. The lowest BCUT2D eigenvalue weighted by Crippen LogP contribution is -2.06. The van der Waals surface area contributed by atoms with Gasteiger partial charge in [-0.25, -0.2) is 9.97 Å². The van der Waals surface area contributed by atoms with Gasteiger partial charge < -0.3 is 5.73 Å². The summed E-state index contributed by atoms with van der Waals surface area (Å²) in [6.45, 7) is 4.06. The van der Waals surface area contributed by atoms with Gasteiger partial charge in [-0.15, -0.1) is 0 Å². The maximum Gasteiger partial charge on any atom is 0.269 e. The summed E-state index contributed by atoms with van der Waals surface area (Å²) in [5.41, 5.74) is 7.54. The fourth-order valence-corrected chi connectivity index (χ4v) is 2.59. The summed E-state index contributed by atoms with van der Waals surface area (Å²) in [7, 11) is 0. The molecule has 1 aromatic carbocycles. The van der Waals surface area contributed by atoms with Crippen molar-refractivity contribution in [3.8, 4) is 11.4 Å². The van der Waals surface area contributed by atoms with Crippen LogP contribution in [0.15, 0.2) is 24.3 Å². The largest absolute Gasteiger partial charge is 0.383 e. The average molecular weight is 384 g/mol. The zero-order valence-electron chi connectivity index (χ0n) is 11.0. The lowest BCUT2D eigenvalue weighted by molar-refractivity contribution is -0.384. The van der Waals surface area contributed by atoms with E-state index < -0.39 is 4.92 Å². The molecule has 0 amide bonds. The van der Waals surface area contributed by atoms with Crippen LogP contribution in [0.4, 0.5) is 11.5 Å². The van der Waals surface area contributed by atoms with Crippen LogP contribution in [0.3, 0.4) is 0 Å². The molecule has 2 aromatic rings. The van der Waals surface area contributed by atoms with Crippen molar-refractivity contribution in [3.05, 3.63) is 43.6 Å². The third-order valence-electron chi connectivity index (χ3n) is 2.79. The number of nitro benzene ring substituents is 1. The van der Waals surface area contributed by atoms with E-state index in [4.69, 9.17) is 5.73 Å². The summed E-state index contributed by atoms with van der Waals surface area (Å²) in [6.07, 6.45) is 0. The number of non-ortho nitro benzene ring substituents is 1. The number of hydrogen-bond acceptors (Lipinski definition) is 5. The van der Waals surface area contributed by atoms with Crippen molar-refractivity contribution in [2.75, 3.05) is 5.73 Å². The van der Waals surface area contributed by atoms with Gasteiger partial charge in [-0.1, -0.05) is 13.8 Å². The van der Waals surface area contributed by atoms with E-state index in [1.807, 2.05) is 13.8 Å². The van der Waals surface area contributed by atoms with Crippen LogP contribution in [0.25, 0.3) is 11.4 Å². The van der Waals surface area contributed by atoms with E-state index in [1.165, 1.54) is 12.1 Å². The third kappa shape index (κ3) is 2.87. The van der Waals surface area contributed by atoms with Crippen LogP contribution < -0.4 is 5.73 Å². The minimum atomic E-state index is -0.438. The number of nitrogens with two attached hydrogens (primary N) is 1. The quantitative estimate of drug-likeness (QED) is 0.498. The summed E-state index contributed by atoms with van der Waals surface area (Å²) in [5.74, 6) is 1.14. The van der Waals surface area contributed by atoms with Crippen LogP contribution in [-0.2, 0) is 0 Å². The molecule has 1 heterocycles. The number of rotatable bonds is 3. The van der Waals surface area contributed by atoms with Gasteiger partial charge in [0.15, 0.2) is 5.82 Å². The molecule has 0 atom stereocenters. The SMILES string of the molecule is CC(C)c1nc(-c2ccc([N+](=O)[O-])cc2)nc(N)c1I. The lowest BCUT2D eigenvalue weighted by atomic mass is 10.1. The number of halogens is 1. The van der Waals surface area contributed by atoms with E-state index in [-0.39, 0.29) is 11.6 Å². The number of nitro groups is 1. The molecule has 0 aliphatic heterocycles. The molecule has 0 radical (unpaired) electrons. The Balaban J connectivity index is 2.50. The molecule has 20 heavy (non-hydrogen) atoms. The van der Waals surface area contributed by atoms with E-state index >= 15 is 0 Å². The minimum absolute atomic E-state index is 0.0383. The molecule has 0 unspecified atom stereocenters. The van der Waals surface area contributed by atoms with Gasteiger partial charge in [-0.3, -0.25) is 10.1 Å². The fourth-order valence-electron chi connectivity index (χ4n) is 1.73. The monoisotopic (exact) mass is 384 g/mol. The summed E-state index contributed by atoms with van der Waals surface area (Å²) in [6, 6.07) is 6.12. The molecule has 2 rings (SSSR count). The first-order chi connectivity index (χ1) is 9.40.